The molecule has 0 radical (unpaired) electrons. The lowest BCUT2D eigenvalue weighted by molar-refractivity contribution is -0.310. The average molecular weight is 374 g/mol. The highest BCUT2D eigenvalue weighted by molar-refractivity contribution is 6.01. The van der Waals surface area contributed by atoms with Gasteiger partial charge in [-0.1, -0.05) is 31.2 Å². The van der Waals surface area contributed by atoms with Gasteiger partial charge >= 0.3 is 0 Å². The van der Waals surface area contributed by atoms with E-state index in [1.54, 1.807) is 36.1 Å². The molecule has 146 valence electrons. The van der Waals surface area contributed by atoms with Gasteiger partial charge in [-0.3, -0.25) is 15.0 Å². The normalized spacial score (nSPS) is 16.0. The summed E-state index contributed by atoms with van der Waals surface area (Å²) in [7, 11) is 0. The Hall–Kier alpha value is -2.74. The SMILES string of the molecule is CC(CC(=O)N1CCC(OCC(=O)[O-])CC1)C(=O)c1ccc(C(=N)N)cc1. The fourth-order valence-corrected chi connectivity index (χ4v) is 3.04. The molecule has 0 saturated carbocycles. The molecular weight excluding hydrogens is 350 g/mol. The topological polar surface area (TPSA) is 137 Å². The minimum atomic E-state index is -1.25. The van der Waals surface area contributed by atoms with Crippen LogP contribution in [-0.4, -0.2) is 54.2 Å². The number of hydrogen-bond donors (Lipinski definition) is 2. The van der Waals surface area contributed by atoms with Crippen LogP contribution in [0.2, 0.25) is 0 Å². The second-order valence-corrected chi connectivity index (χ2v) is 6.72. The van der Waals surface area contributed by atoms with E-state index >= 15 is 0 Å². The largest absolute Gasteiger partial charge is 0.548 e. The summed E-state index contributed by atoms with van der Waals surface area (Å²) in [4.78, 5) is 37.1. The standard InChI is InChI=1S/C19H25N3O5/c1-12(18(26)13-2-4-14(5-3-13)19(20)21)10-16(23)22-8-6-15(7-9-22)27-11-17(24)25/h2-5,12,15H,6-11H2,1H3,(H3,20,21)(H,24,25)/p-1. The number of amides is 1. The molecule has 1 unspecified atom stereocenters. The zero-order chi connectivity index (χ0) is 20.0. The first-order valence-electron chi connectivity index (χ1n) is 8.85. The molecule has 0 spiro atoms. The van der Waals surface area contributed by atoms with Crippen molar-refractivity contribution in [3.63, 3.8) is 0 Å². The lowest BCUT2D eigenvalue weighted by Gasteiger charge is -2.32. The van der Waals surface area contributed by atoms with Crippen molar-refractivity contribution in [1.82, 2.24) is 4.90 Å². The number of nitrogen functional groups attached to an aromatic ring is 1. The number of aliphatic carboxylic acids is 1. The molecule has 0 aliphatic carbocycles. The fourth-order valence-electron chi connectivity index (χ4n) is 3.04. The number of benzene rings is 1. The molecule has 1 fully saturated rings. The zero-order valence-corrected chi connectivity index (χ0v) is 15.3. The lowest BCUT2D eigenvalue weighted by atomic mass is 9.94. The predicted octanol–water partition coefficient (Wildman–Crippen LogP) is -0.0629. The number of nitrogens with zero attached hydrogens (tertiary/aromatic N) is 1. The van der Waals surface area contributed by atoms with Crippen LogP contribution in [0.5, 0.6) is 0 Å². The van der Waals surface area contributed by atoms with Gasteiger partial charge in [0, 0.05) is 36.6 Å². The third kappa shape index (κ3) is 5.89. The smallest absolute Gasteiger partial charge is 0.223 e. The molecule has 1 aromatic carbocycles. The lowest BCUT2D eigenvalue weighted by Crippen LogP contribution is -2.42. The number of nitrogens with one attached hydrogen (secondary N) is 1. The van der Waals surface area contributed by atoms with Gasteiger partial charge in [0.15, 0.2) is 5.78 Å². The van der Waals surface area contributed by atoms with Gasteiger partial charge in [0.1, 0.15) is 5.84 Å². The van der Waals surface area contributed by atoms with Gasteiger partial charge in [0.2, 0.25) is 5.91 Å². The number of carboxylic acid groups (broad SMARTS) is 1. The zero-order valence-electron chi connectivity index (χ0n) is 15.3. The van der Waals surface area contributed by atoms with Crippen molar-refractivity contribution >= 4 is 23.5 Å². The highest BCUT2D eigenvalue weighted by Gasteiger charge is 2.26. The van der Waals surface area contributed by atoms with Gasteiger partial charge in [-0.25, -0.2) is 0 Å². The van der Waals surface area contributed by atoms with Gasteiger partial charge in [0.25, 0.3) is 0 Å². The monoisotopic (exact) mass is 374 g/mol. The Labute approximate surface area is 157 Å². The number of carbonyl (C=O) groups is 3. The quantitative estimate of drug-likeness (QED) is 0.371. The van der Waals surface area contributed by atoms with E-state index in [0.29, 0.717) is 37.1 Å². The van der Waals surface area contributed by atoms with Gasteiger partial charge in [-0.2, -0.15) is 0 Å². The van der Waals surface area contributed by atoms with Crippen LogP contribution in [0.4, 0.5) is 0 Å². The molecule has 1 aliphatic heterocycles. The van der Waals surface area contributed by atoms with Crippen molar-refractivity contribution in [2.75, 3.05) is 19.7 Å². The van der Waals surface area contributed by atoms with Crippen LogP contribution in [0.25, 0.3) is 0 Å². The van der Waals surface area contributed by atoms with E-state index in [4.69, 9.17) is 15.9 Å². The second-order valence-electron chi connectivity index (χ2n) is 6.72. The van der Waals surface area contributed by atoms with Crippen LogP contribution in [0, 0.1) is 11.3 Å². The first-order valence-corrected chi connectivity index (χ1v) is 8.85. The number of amidine groups is 1. The van der Waals surface area contributed by atoms with Crippen LogP contribution in [0.15, 0.2) is 24.3 Å². The number of likely N-dealkylation sites (tertiary alicyclic amines) is 1. The van der Waals surface area contributed by atoms with E-state index in [1.807, 2.05) is 0 Å². The molecule has 1 amide bonds. The third-order valence-corrected chi connectivity index (χ3v) is 4.64. The molecule has 1 heterocycles. The first kappa shape index (κ1) is 20.6. The molecule has 8 nitrogen and oxygen atoms in total. The van der Waals surface area contributed by atoms with Crippen molar-refractivity contribution in [1.29, 1.82) is 5.41 Å². The minimum absolute atomic E-state index is 0.0655. The summed E-state index contributed by atoms with van der Waals surface area (Å²) in [6.07, 6.45) is 1.05. The summed E-state index contributed by atoms with van der Waals surface area (Å²) >= 11 is 0. The van der Waals surface area contributed by atoms with E-state index < -0.39 is 18.5 Å². The Kier molecular flexibility index (Phi) is 7.06. The predicted molar refractivity (Wildman–Crippen MR) is 96.1 cm³/mol. The number of hydrogen-bond acceptors (Lipinski definition) is 6. The number of carbonyl (C=O) groups excluding carboxylic acids is 3. The van der Waals surface area contributed by atoms with Crippen molar-refractivity contribution in [3.05, 3.63) is 35.4 Å². The summed E-state index contributed by atoms with van der Waals surface area (Å²) in [6.45, 7) is 2.23. The number of nitrogens with two attached hydrogens (primary N) is 1. The third-order valence-electron chi connectivity index (χ3n) is 4.64. The van der Waals surface area contributed by atoms with Gasteiger partial charge in [0.05, 0.1) is 18.7 Å². The second kappa shape index (κ2) is 9.27. The van der Waals surface area contributed by atoms with E-state index in [0.717, 1.165) is 0 Å². The van der Waals surface area contributed by atoms with E-state index in [2.05, 4.69) is 0 Å². The maximum atomic E-state index is 12.5. The Morgan fingerprint density at radius 1 is 1.22 bits per heavy atom. The molecule has 8 heteroatoms. The Balaban J connectivity index is 1.83. The molecular formula is C19H24N3O5-. The number of ketones is 1. The van der Waals surface area contributed by atoms with Gasteiger partial charge < -0.3 is 25.3 Å². The Bertz CT molecular complexity index is 709. The maximum absolute atomic E-state index is 12.5. The summed E-state index contributed by atoms with van der Waals surface area (Å²) in [6, 6.07) is 6.45. The van der Waals surface area contributed by atoms with E-state index in [9.17, 15) is 19.5 Å². The van der Waals surface area contributed by atoms with Crippen molar-refractivity contribution < 1.29 is 24.2 Å². The highest BCUT2D eigenvalue weighted by Crippen LogP contribution is 2.18. The summed E-state index contributed by atoms with van der Waals surface area (Å²) in [5.74, 6) is -2.02. The molecule has 1 atom stereocenters. The molecule has 0 bridgehead atoms. The molecule has 1 aromatic rings. The summed E-state index contributed by atoms with van der Waals surface area (Å²) in [5, 5.41) is 17.8. The molecule has 1 saturated heterocycles. The summed E-state index contributed by atoms with van der Waals surface area (Å²) in [5.41, 5.74) is 6.42. The number of Topliss-reactive ketones (excluding diaryl/α,β-unsaturated/α-hetero) is 1. The van der Waals surface area contributed by atoms with E-state index in [1.165, 1.54) is 0 Å². The number of piperidine rings is 1. The molecule has 27 heavy (non-hydrogen) atoms. The van der Waals surface area contributed by atoms with Crippen LogP contribution in [-0.2, 0) is 14.3 Å². The van der Waals surface area contributed by atoms with Gasteiger partial charge in [-0.15, -0.1) is 0 Å². The van der Waals surface area contributed by atoms with Crippen LogP contribution in [0.3, 0.4) is 0 Å². The van der Waals surface area contributed by atoms with Gasteiger partial charge in [-0.05, 0) is 12.8 Å². The van der Waals surface area contributed by atoms with Crippen molar-refractivity contribution in [2.24, 2.45) is 11.7 Å². The average Bonchev–Trinajstić information content (AvgIpc) is 2.66. The Morgan fingerprint density at radius 3 is 2.30 bits per heavy atom. The van der Waals surface area contributed by atoms with Crippen LogP contribution < -0.4 is 10.8 Å². The highest BCUT2D eigenvalue weighted by atomic mass is 16.5. The van der Waals surface area contributed by atoms with Crippen molar-refractivity contribution in [3.8, 4) is 0 Å². The molecule has 0 aromatic heterocycles. The number of ether oxygens (including phenoxy) is 1. The van der Waals surface area contributed by atoms with Crippen molar-refractivity contribution in [2.45, 2.75) is 32.3 Å². The first-order chi connectivity index (χ1) is 12.8. The van der Waals surface area contributed by atoms with Crippen LogP contribution >= 0.6 is 0 Å². The summed E-state index contributed by atoms with van der Waals surface area (Å²) < 4.78 is 5.20. The molecule has 3 N–H and O–H groups in total. The van der Waals surface area contributed by atoms with E-state index in [-0.39, 0.29) is 30.1 Å². The minimum Gasteiger partial charge on any atom is -0.548 e. The Morgan fingerprint density at radius 2 is 1.78 bits per heavy atom. The van der Waals surface area contributed by atoms with Crippen LogP contribution in [0.1, 0.15) is 42.1 Å². The molecule has 2 rings (SSSR count). The number of carboxylic acids is 1. The fraction of sp³-hybridized carbons (Fsp3) is 0.474. The molecule has 1 aliphatic rings. The maximum Gasteiger partial charge on any atom is 0.223 e. The number of rotatable bonds is 8.